The van der Waals surface area contributed by atoms with Gasteiger partial charge in [-0.3, -0.25) is 9.78 Å². The van der Waals surface area contributed by atoms with Crippen molar-refractivity contribution in [1.29, 1.82) is 0 Å². The molecule has 0 unspecified atom stereocenters. The number of nitrogens with one attached hydrogen (secondary N) is 1. The number of rotatable bonds is 4. The lowest BCUT2D eigenvalue weighted by molar-refractivity contribution is 0.00578. The topological polar surface area (TPSA) is 60.5 Å². The van der Waals surface area contributed by atoms with E-state index in [2.05, 4.69) is 10.3 Å². The van der Waals surface area contributed by atoms with Gasteiger partial charge in [-0.15, -0.1) is 0 Å². The molecule has 1 aliphatic heterocycles. The van der Waals surface area contributed by atoms with Gasteiger partial charge in [-0.05, 0) is 45.4 Å². The second-order valence-corrected chi connectivity index (χ2v) is 7.20. The second-order valence-electron chi connectivity index (χ2n) is 7.20. The molecule has 0 aliphatic carbocycles. The third-order valence-corrected chi connectivity index (χ3v) is 4.79. The summed E-state index contributed by atoms with van der Waals surface area (Å²) in [4.78, 5) is 16.8. The molecule has 3 rings (SSSR count). The molecule has 0 saturated carbocycles. The Balaban J connectivity index is 1.70. The number of hydrogen-bond donors (Lipinski definition) is 1. The Morgan fingerprint density at radius 2 is 1.64 bits per heavy atom. The summed E-state index contributed by atoms with van der Waals surface area (Å²) < 4.78 is 12.0. The molecule has 25 heavy (non-hydrogen) atoms. The SMILES string of the molecule is CC1(C)OB(c2cccc(C(=O)NCc3ccccc3)n2)OC1(C)C. The predicted molar refractivity (Wildman–Crippen MR) is 97.6 cm³/mol. The fraction of sp³-hybridized carbons (Fsp3) is 0.368. The molecule has 1 aliphatic rings. The number of amides is 1. The van der Waals surface area contributed by atoms with E-state index >= 15 is 0 Å². The quantitative estimate of drug-likeness (QED) is 0.869. The standard InChI is InChI=1S/C19H23BN2O3/c1-18(2)19(3,4)25-20(24-18)16-12-8-11-15(22-16)17(23)21-13-14-9-6-5-7-10-14/h5-12H,13H2,1-4H3,(H,21,23). The largest absolute Gasteiger partial charge is 0.514 e. The van der Waals surface area contributed by atoms with Crippen LogP contribution in [0, 0.1) is 0 Å². The van der Waals surface area contributed by atoms with Crippen molar-refractivity contribution in [3.05, 3.63) is 59.8 Å². The Hall–Kier alpha value is -2.18. The molecule has 130 valence electrons. The third kappa shape index (κ3) is 3.75. The molecule has 0 spiro atoms. The maximum atomic E-state index is 12.4. The monoisotopic (exact) mass is 338 g/mol. The summed E-state index contributed by atoms with van der Waals surface area (Å²) >= 11 is 0. The molecule has 2 aromatic rings. The molecule has 5 nitrogen and oxygen atoms in total. The first-order valence-corrected chi connectivity index (χ1v) is 8.43. The number of carbonyl (C=O) groups is 1. The number of carbonyl (C=O) groups excluding carboxylic acids is 1. The highest BCUT2D eigenvalue weighted by atomic mass is 16.7. The molecule has 1 fully saturated rings. The van der Waals surface area contributed by atoms with Crippen LogP contribution in [0.2, 0.25) is 0 Å². The van der Waals surface area contributed by atoms with E-state index in [0.717, 1.165) is 5.56 Å². The molecule has 1 aromatic carbocycles. The van der Waals surface area contributed by atoms with Crippen LogP contribution in [-0.4, -0.2) is 29.2 Å². The fourth-order valence-corrected chi connectivity index (χ4v) is 2.54. The van der Waals surface area contributed by atoms with E-state index in [-0.39, 0.29) is 5.91 Å². The first-order chi connectivity index (χ1) is 11.8. The van der Waals surface area contributed by atoms with Crippen molar-refractivity contribution in [3.8, 4) is 0 Å². The lowest BCUT2D eigenvalue weighted by atomic mass is 9.84. The molecule has 1 saturated heterocycles. The van der Waals surface area contributed by atoms with Crippen LogP contribution in [0.25, 0.3) is 0 Å². The highest BCUT2D eigenvalue weighted by molar-refractivity contribution is 6.61. The van der Waals surface area contributed by atoms with Gasteiger partial charge in [0.25, 0.3) is 5.91 Å². The average Bonchev–Trinajstić information content (AvgIpc) is 2.81. The normalized spacial score (nSPS) is 18.2. The van der Waals surface area contributed by atoms with Gasteiger partial charge >= 0.3 is 7.12 Å². The summed E-state index contributed by atoms with van der Waals surface area (Å²) in [5, 5.41) is 2.88. The molecular formula is C19H23BN2O3. The molecular weight excluding hydrogens is 315 g/mol. The van der Waals surface area contributed by atoms with Crippen LogP contribution in [0.3, 0.4) is 0 Å². The van der Waals surface area contributed by atoms with Crippen molar-refractivity contribution in [2.24, 2.45) is 0 Å². The van der Waals surface area contributed by atoms with Gasteiger partial charge in [0.1, 0.15) is 5.69 Å². The van der Waals surface area contributed by atoms with Gasteiger partial charge in [0.05, 0.1) is 16.8 Å². The minimum Gasteiger partial charge on any atom is -0.398 e. The van der Waals surface area contributed by atoms with Crippen molar-refractivity contribution >= 4 is 18.6 Å². The van der Waals surface area contributed by atoms with Crippen LogP contribution in [0.4, 0.5) is 0 Å². The van der Waals surface area contributed by atoms with Crippen LogP contribution < -0.4 is 10.9 Å². The maximum Gasteiger partial charge on any atom is 0.514 e. The lowest BCUT2D eigenvalue weighted by Gasteiger charge is -2.32. The number of nitrogens with zero attached hydrogens (tertiary/aromatic N) is 1. The Bertz CT molecular complexity index is 746. The Kier molecular flexibility index (Phi) is 4.67. The zero-order valence-electron chi connectivity index (χ0n) is 15.1. The summed E-state index contributed by atoms with van der Waals surface area (Å²) in [5.74, 6) is -0.220. The van der Waals surface area contributed by atoms with Crippen molar-refractivity contribution in [1.82, 2.24) is 10.3 Å². The van der Waals surface area contributed by atoms with Gasteiger partial charge in [0, 0.05) is 6.54 Å². The molecule has 1 amide bonds. The Labute approximate surface area is 148 Å². The van der Waals surface area contributed by atoms with Crippen LogP contribution >= 0.6 is 0 Å². The van der Waals surface area contributed by atoms with Crippen molar-refractivity contribution < 1.29 is 14.1 Å². The maximum absolute atomic E-state index is 12.4. The van der Waals surface area contributed by atoms with Crippen LogP contribution in [0.1, 0.15) is 43.7 Å². The zero-order chi connectivity index (χ0) is 18.1. The van der Waals surface area contributed by atoms with E-state index in [4.69, 9.17) is 9.31 Å². The molecule has 6 heteroatoms. The van der Waals surface area contributed by atoms with Gasteiger partial charge in [-0.2, -0.15) is 0 Å². The minimum absolute atomic E-state index is 0.220. The van der Waals surface area contributed by atoms with Gasteiger partial charge in [-0.25, -0.2) is 0 Å². The van der Waals surface area contributed by atoms with Crippen molar-refractivity contribution in [2.75, 3.05) is 0 Å². The summed E-state index contributed by atoms with van der Waals surface area (Å²) in [6, 6.07) is 15.1. The minimum atomic E-state index is -0.577. The van der Waals surface area contributed by atoms with Crippen LogP contribution in [0.15, 0.2) is 48.5 Å². The number of aromatic nitrogens is 1. The van der Waals surface area contributed by atoms with E-state index < -0.39 is 18.3 Å². The predicted octanol–water partition coefficient (Wildman–Crippen LogP) is 2.31. The number of hydrogen-bond acceptors (Lipinski definition) is 4. The van der Waals surface area contributed by atoms with Gasteiger partial charge < -0.3 is 14.6 Å². The summed E-state index contributed by atoms with van der Waals surface area (Å²) in [6.45, 7) is 8.42. The molecule has 1 aromatic heterocycles. The second kappa shape index (κ2) is 6.62. The fourth-order valence-electron chi connectivity index (χ4n) is 2.54. The van der Waals surface area contributed by atoms with Crippen LogP contribution in [0.5, 0.6) is 0 Å². The molecule has 1 N–H and O–H groups in total. The average molecular weight is 338 g/mol. The van der Waals surface area contributed by atoms with Gasteiger partial charge in [-0.1, -0.05) is 36.4 Å². The van der Waals surface area contributed by atoms with Gasteiger partial charge in [0.15, 0.2) is 0 Å². The van der Waals surface area contributed by atoms with E-state index in [9.17, 15) is 4.79 Å². The smallest absolute Gasteiger partial charge is 0.398 e. The van der Waals surface area contributed by atoms with E-state index in [1.807, 2.05) is 64.1 Å². The van der Waals surface area contributed by atoms with Gasteiger partial charge in [0.2, 0.25) is 0 Å². The lowest BCUT2D eigenvalue weighted by Crippen LogP contribution is -2.41. The zero-order valence-corrected chi connectivity index (χ0v) is 15.1. The van der Waals surface area contributed by atoms with Crippen LogP contribution in [-0.2, 0) is 15.9 Å². The van der Waals surface area contributed by atoms with Crippen molar-refractivity contribution in [2.45, 2.75) is 45.4 Å². The van der Waals surface area contributed by atoms with E-state index in [1.165, 1.54) is 0 Å². The first kappa shape index (κ1) is 17.6. The summed E-state index contributed by atoms with van der Waals surface area (Å²) in [7, 11) is -0.577. The molecule has 2 heterocycles. The molecule has 0 atom stereocenters. The Morgan fingerprint density at radius 3 is 2.28 bits per heavy atom. The third-order valence-electron chi connectivity index (χ3n) is 4.79. The molecule has 0 radical (unpaired) electrons. The van der Waals surface area contributed by atoms with Crippen molar-refractivity contribution in [3.63, 3.8) is 0 Å². The number of benzene rings is 1. The highest BCUT2D eigenvalue weighted by Gasteiger charge is 2.52. The number of pyridine rings is 1. The first-order valence-electron chi connectivity index (χ1n) is 8.43. The highest BCUT2D eigenvalue weighted by Crippen LogP contribution is 2.36. The Morgan fingerprint density at radius 1 is 1.00 bits per heavy atom. The molecule has 0 bridgehead atoms. The summed E-state index contributed by atoms with van der Waals surface area (Å²) in [6.07, 6.45) is 0. The van der Waals surface area contributed by atoms with E-state index in [1.54, 1.807) is 12.1 Å². The van der Waals surface area contributed by atoms with E-state index in [0.29, 0.717) is 17.8 Å². The summed E-state index contributed by atoms with van der Waals surface area (Å²) in [5.41, 5.74) is 1.11.